The highest BCUT2D eigenvalue weighted by molar-refractivity contribution is 5.95. The first-order chi connectivity index (χ1) is 8.40. The number of hydrogen-bond acceptors (Lipinski definition) is 3. The summed E-state index contributed by atoms with van der Waals surface area (Å²) in [7, 11) is 0. The molecule has 1 aromatic rings. The number of amides is 2. The van der Waals surface area contributed by atoms with Crippen LogP contribution in [0.4, 0.5) is 11.4 Å². The number of rotatable bonds is 4. The average Bonchev–Trinajstić information content (AvgIpc) is 2.31. The fourth-order valence-corrected chi connectivity index (χ4v) is 1.18. The van der Waals surface area contributed by atoms with E-state index in [-0.39, 0.29) is 17.7 Å². The van der Waals surface area contributed by atoms with E-state index in [9.17, 15) is 9.59 Å². The summed E-state index contributed by atoms with van der Waals surface area (Å²) in [6, 6.07) is 6.35. The normalized spacial score (nSPS) is 12.1. The van der Waals surface area contributed by atoms with E-state index in [1.807, 2.05) is 13.8 Å². The zero-order chi connectivity index (χ0) is 13.7. The van der Waals surface area contributed by atoms with Gasteiger partial charge < -0.3 is 16.4 Å². The standard InChI is InChI=1S/C13H19N3O2/c1-8(2)12(17)15-10-4-6-11(7-5-10)16-13(18)9(3)14/h4-9H,14H2,1-3H3,(H,15,17)(H,16,18). The Morgan fingerprint density at radius 3 is 1.67 bits per heavy atom. The van der Waals surface area contributed by atoms with Gasteiger partial charge in [0.15, 0.2) is 0 Å². The predicted molar refractivity (Wildman–Crippen MR) is 72.2 cm³/mol. The Morgan fingerprint density at radius 1 is 0.944 bits per heavy atom. The monoisotopic (exact) mass is 249 g/mol. The second-order valence-electron chi connectivity index (χ2n) is 4.50. The van der Waals surface area contributed by atoms with Crippen molar-refractivity contribution in [2.24, 2.45) is 11.7 Å². The number of hydrogen-bond donors (Lipinski definition) is 3. The molecular formula is C13H19N3O2. The second kappa shape index (κ2) is 6.16. The smallest absolute Gasteiger partial charge is 0.240 e. The maximum Gasteiger partial charge on any atom is 0.240 e. The minimum absolute atomic E-state index is 0.0395. The van der Waals surface area contributed by atoms with Crippen LogP contribution in [-0.2, 0) is 9.59 Å². The highest BCUT2D eigenvalue weighted by atomic mass is 16.2. The van der Waals surface area contributed by atoms with Crippen LogP contribution in [0.2, 0.25) is 0 Å². The molecule has 5 nitrogen and oxygen atoms in total. The molecular weight excluding hydrogens is 230 g/mol. The van der Waals surface area contributed by atoms with Crippen LogP contribution < -0.4 is 16.4 Å². The van der Waals surface area contributed by atoms with Gasteiger partial charge in [-0.15, -0.1) is 0 Å². The van der Waals surface area contributed by atoms with Crippen LogP contribution in [0.3, 0.4) is 0 Å². The van der Waals surface area contributed by atoms with E-state index >= 15 is 0 Å². The third kappa shape index (κ3) is 4.18. The summed E-state index contributed by atoms with van der Waals surface area (Å²) in [5.74, 6) is -0.348. The maximum atomic E-state index is 11.5. The lowest BCUT2D eigenvalue weighted by atomic mass is 10.2. The van der Waals surface area contributed by atoms with Crippen molar-refractivity contribution in [3.05, 3.63) is 24.3 Å². The first-order valence-electron chi connectivity index (χ1n) is 5.87. The molecule has 0 aliphatic rings. The van der Waals surface area contributed by atoms with E-state index in [0.29, 0.717) is 11.4 Å². The van der Waals surface area contributed by atoms with Crippen LogP contribution >= 0.6 is 0 Å². The van der Waals surface area contributed by atoms with Crippen molar-refractivity contribution in [3.8, 4) is 0 Å². The molecule has 5 heteroatoms. The molecule has 0 aromatic heterocycles. The van der Waals surface area contributed by atoms with Crippen molar-refractivity contribution >= 4 is 23.2 Å². The maximum absolute atomic E-state index is 11.5. The lowest BCUT2D eigenvalue weighted by Crippen LogP contribution is -2.32. The average molecular weight is 249 g/mol. The van der Waals surface area contributed by atoms with Crippen molar-refractivity contribution in [2.75, 3.05) is 10.6 Å². The van der Waals surface area contributed by atoms with Crippen molar-refractivity contribution in [2.45, 2.75) is 26.8 Å². The lowest BCUT2D eigenvalue weighted by molar-refractivity contribution is -0.119. The molecule has 0 saturated carbocycles. The third-order valence-electron chi connectivity index (χ3n) is 2.36. The Kier molecular flexibility index (Phi) is 4.85. The molecule has 98 valence electrons. The zero-order valence-electron chi connectivity index (χ0n) is 10.9. The first-order valence-corrected chi connectivity index (χ1v) is 5.87. The van der Waals surface area contributed by atoms with Crippen LogP contribution in [0, 0.1) is 5.92 Å². The number of benzene rings is 1. The fourth-order valence-electron chi connectivity index (χ4n) is 1.18. The number of carbonyl (C=O) groups is 2. The molecule has 0 heterocycles. The van der Waals surface area contributed by atoms with Gasteiger partial charge in [-0.05, 0) is 31.2 Å². The Labute approximate surface area is 107 Å². The van der Waals surface area contributed by atoms with Crippen LogP contribution in [0.25, 0.3) is 0 Å². The van der Waals surface area contributed by atoms with Crippen molar-refractivity contribution in [1.29, 1.82) is 0 Å². The third-order valence-corrected chi connectivity index (χ3v) is 2.36. The number of nitrogens with two attached hydrogens (primary N) is 1. The summed E-state index contributed by atoms with van der Waals surface area (Å²) >= 11 is 0. The molecule has 18 heavy (non-hydrogen) atoms. The molecule has 1 atom stereocenters. The molecule has 2 amide bonds. The van der Waals surface area contributed by atoms with Crippen LogP contribution in [0.1, 0.15) is 20.8 Å². The molecule has 0 bridgehead atoms. The van der Waals surface area contributed by atoms with E-state index in [2.05, 4.69) is 10.6 Å². The molecule has 0 fully saturated rings. The summed E-state index contributed by atoms with van der Waals surface area (Å²) in [6.45, 7) is 5.27. The summed E-state index contributed by atoms with van der Waals surface area (Å²) in [5.41, 5.74) is 6.80. The highest BCUT2D eigenvalue weighted by Crippen LogP contribution is 2.14. The lowest BCUT2D eigenvalue weighted by Gasteiger charge is -2.10. The minimum Gasteiger partial charge on any atom is -0.326 e. The molecule has 4 N–H and O–H groups in total. The van der Waals surface area contributed by atoms with Crippen molar-refractivity contribution < 1.29 is 9.59 Å². The van der Waals surface area contributed by atoms with Gasteiger partial charge >= 0.3 is 0 Å². The highest BCUT2D eigenvalue weighted by Gasteiger charge is 2.08. The Morgan fingerprint density at radius 2 is 1.33 bits per heavy atom. The summed E-state index contributed by atoms with van der Waals surface area (Å²) < 4.78 is 0. The van der Waals surface area contributed by atoms with Gasteiger partial charge in [0.2, 0.25) is 11.8 Å². The molecule has 0 radical (unpaired) electrons. The van der Waals surface area contributed by atoms with Gasteiger partial charge in [-0.2, -0.15) is 0 Å². The van der Waals surface area contributed by atoms with Gasteiger partial charge in [0.05, 0.1) is 6.04 Å². The van der Waals surface area contributed by atoms with Gasteiger partial charge in [0.25, 0.3) is 0 Å². The van der Waals surface area contributed by atoms with Gasteiger partial charge in [-0.3, -0.25) is 9.59 Å². The van der Waals surface area contributed by atoms with E-state index in [0.717, 1.165) is 0 Å². The summed E-state index contributed by atoms with van der Waals surface area (Å²) in [4.78, 5) is 22.8. The predicted octanol–water partition coefficient (Wildman–Crippen LogP) is 1.57. The van der Waals surface area contributed by atoms with E-state index in [1.54, 1.807) is 31.2 Å². The summed E-state index contributed by atoms with van der Waals surface area (Å²) in [6.07, 6.45) is 0. The van der Waals surface area contributed by atoms with E-state index < -0.39 is 6.04 Å². The Balaban J connectivity index is 2.63. The molecule has 0 saturated heterocycles. The molecule has 1 aromatic carbocycles. The van der Waals surface area contributed by atoms with Gasteiger partial charge in [0.1, 0.15) is 0 Å². The van der Waals surface area contributed by atoms with Crippen LogP contribution in [0.5, 0.6) is 0 Å². The van der Waals surface area contributed by atoms with Crippen LogP contribution in [-0.4, -0.2) is 17.9 Å². The number of nitrogens with one attached hydrogen (secondary N) is 2. The van der Waals surface area contributed by atoms with Crippen molar-refractivity contribution in [1.82, 2.24) is 0 Å². The molecule has 0 aliphatic heterocycles. The van der Waals surface area contributed by atoms with Gasteiger partial charge in [0, 0.05) is 17.3 Å². The topological polar surface area (TPSA) is 84.2 Å². The van der Waals surface area contributed by atoms with Gasteiger partial charge in [-0.25, -0.2) is 0 Å². The van der Waals surface area contributed by atoms with E-state index in [1.165, 1.54) is 0 Å². The molecule has 1 rings (SSSR count). The Bertz CT molecular complexity index is 383. The number of anilines is 2. The van der Waals surface area contributed by atoms with E-state index in [4.69, 9.17) is 5.73 Å². The second-order valence-corrected chi connectivity index (χ2v) is 4.50. The van der Waals surface area contributed by atoms with Crippen LogP contribution in [0.15, 0.2) is 24.3 Å². The first kappa shape index (κ1) is 14.2. The SMILES string of the molecule is CC(C)C(=O)Nc1ccc(NC(=O)C(C)N)cc1. The Hall–Kier alpha value is -1.88. The molecule has 0 aliphatic carbocycles. The molecule has 1 unspecified atom stereocenters. The quantitative estimate of drug-likeness (QED) is 0.757. The van der Waals surface area contributed by atoms with Gasteiger partial charge in [-0.1, -0.05) is 13.8 Å². The fraction of sp³-hybridized carbons (Fsp3) is 0.385. The molecule has 0 spiro atoms. The van der Waals surface area contributed by atoms with Crippen molar-refractivity contribution in [3.63, 3.8) is 0 Å². The summed E-state index contributed by atoms with van der Waals surface area (Å²) in [5, 5.41) is 5.44. The largest absolute Gasteiger partial charge is 0.326 e. The minimum atomic E-state index is -0.551. The zero-order valence-corrected chi connectivity index (χ0v) is 10.9. The number of carbonyl (C=O) groups excluding carboxylic acids is 2.